The molecule has 0 heterocycles. The van der Waals surface area contributed by atoms with Crippen LogP contribution >= 0.6 is 12.6 Å². The SMILES string of the molecule is NC(CCC(=O)NC(CS)CCCC(=O)C(=O)O)C(=O)O. The molecule has 0 saturated carbocycles. The van der Waals surface area contributed by atoms with Crippen molar-refractivity contribution >= 4 is 36.3 Å². The number of carbonyl (C=O) groups is 4. The van der Waals surface area contributed by atoms with Crippen molar-refractivity contribution in [2.24, 2.45) is 5.73 Å². The van der Waals surface area contributed by atoms with Crippen LogP contribution in [0.2, 0.25) is 0 Å². The maximum absolute atomic E-state index is 11.6. The van der Waals surface area contributed by atoms with Crippen LogP contribution in [0.5, 0.6) is 0 Å². The molecule has 2 unspecified atom stereocenters. The third kappa shape index (κ3) is 9.03. The molecule has 0 bridgehead atoms. The molecule has 0 radical (unpaired) electrons. The van der Waals surface area contributed by atoms with Gasteiger partial charge in [-0.15, -0.1) is 0 Å². The molecule has 9 heteroatoms. The first-order valence-electron chi connectivity index (χ1n) is 6.42. The Morgan fingerprint density at radius 2 is 1.71 bits per heavy atom. The van der Waals surface area contributed by atoms with Crippen LogP contribution in [0.25, 0.3) is 0 Å². The molecule has 0 aliphatic heterocycles. The standard InChI is InChI=1S/C12H20N2O6S/c13-8(11(17)18)4-5-10(16)14-7(6-21)2-1-3-9(15)12(19)20/h7-8,21H,1-6,13H2,(H,14,16)(H,17,18)(H,19,20). The number of nitrogens with two attached hydrogens (primary N) is 1. The number of ketones is 1. The van der Waals surface area contributed by atoms with Gasteiger partial charge in [0, 0.05) is 24.6 Å². The lowest BCUT2D eigenvalue weighted by molar-refractivity contribution is -0.149. The van der Waals surface area contributed by atoms with E-state index in [0.29, 0.717) is 18.6 Å². The van der Waals surface area contributed by atoms with Gasteiger partial charge >= 0.3 is 11.9 Å². The number of hydrogen-bond donors (Lipinski definition) is 5. The Labute approximate surface area is 127 Å². The predicted octanol–water partition coefficient (Wildman–Crippen LogP) is -0.583. The molecule has 0 aliphatic rings. The van der Waals surface area contributed by atoms with Gasteiger partial charge in [0.1, 0.15) is 6.04 Å². The number of Topliss-reactive ketones (excluding diaryl/α,β-unsaturated/α-hetero) is 1. The third-order valence-electron chi connectivity index (χ3n) is 2.78. The molecule has 21 heavy (non-hydrogen) atoms. The first-order chi connectivity index (χ1) is 9.77. The van der Waals surface area contributed by atoms with Crippen LogP contribution in [0.4, 0.5) is 0 Å². The Kier molecular flexibility index (Phi) is 9.39. The number of amides is 1. The number of thiol groups is 1. The predicted molar refractivity (Wildman–Crippen MR) is 77.1 cm³/mol. The second kappa shape index (κ2) is 10.2. The fraction of sp³-hybridized carbons (Fsp3) is 0.667. The zero-order chi connectivity index (χ0) is 16.4. The second-order valence-electron chi connectivity index (χ2n) is 4.55. The smallest absolute Gasteiger partial charge is 0.372 e. The summed E-state index contributed by atoms with van der Waals surface area (Å²) in [7, 11) is 0. The molecule has 0 aromatic carbocycles. The topological polar surface area (TPSA) is 147 Å². The molecule has 1 amide bonds. The number of hydrogen-bond acceptors (Lipinski definition) is 6. The van der Waals surface area contributed by atoms with Crippen molar-refractivity contribution in [2.45, 2.75) is 44.2 Å². The fourth-order valence-electron chi connectivity index (χ4n) is 1.53. The molecule has 8 nitrogen and oxygen atoms in total. The molecule has 5 N–H and O–H groups in total. The molecule has 0 fully saturated rings. The highest BCUT2D eigenvalue weighted by Gasteiger charge is 2.17. The largest absolute Gasteiger partial charge is 0.480 e. The molecular weight excluding hydrogens is 300 g/mol. The van der Waals surface area contributed by atoms with Gasteiger partial charge in [0.2, 0.25) is 11.7 Å². The van der Waals surface area contributed by atoms with Crippen LogP contribution in [-0.2, 0) is 19.2 Å². The van der Waals surface area contributed by atoms with Gasteiger partial charge in [0.25, 0.3) is 0 Å². The summed E-state index contributed by atoms with van der Waals surface area (Å²) < 4.78 is 0. The van der Waals surface area contributed by atoms with Crippen LogP contribution in [0.3, 0.4) is 0 Å². The first-order valence-corrected chi connectivity index (χ1v) is 7.05. The van der Waals surface area contributed by atoms with Crippen molar-refractivity contribution < 1.29 is 29.4 Å². The molecular formula is C12H20N2O6S. The van der Waals surface area contributed by atoms with E-state index in [1.807, 2.05) is 0 Å². The monoisotopic (exact) mass is 320 g/mol. The minimum atomic E-state index is -1.47. The lowest BCUT2D eigenvalue weighted by Gasteiger charge is -2.16. The number of nitrogens with one attached hydrogen (secondary N) is 1. The van der Waals surface area contributed by atoms with Crippen molar-refractivity contribution in [3.8, 4) is 0 Å². The third-order valence-corrected chi connectivity index (χ3v) is 3.22. The molecule has 0 spiro atoms. The van der Waals surface area contributed by atoms with Crippen LogP contribution in [0.1, 0.15) is 32.1 Å². The Bertz CT molecular complexity index is 401. The fourth-order valence-corrected chi connectivity index (χ4v) is 1.81. The van der Waals surface area contributed by atoms with E-state index in [0.717, 1.165) is 0 Å². The van der Waals surface area contributed by atoms with E-state index in [2.05, 4.69) is 17.9 Å². The van der Waals surface area contributed by atoms with E-state index in [-0.39, 0.29) is 31.2 Å². The Morgan fingerprint density at radius 1 is 1.10 bits per heavy atom. The maximum atomic E-state index is 11.6. The minimum absolute atomic E-state index is 0.0220. The number of rotatable bonds is 11. The van der Waals surface area contributed by atoms with E-state index in [1.54, 1.807) is 0 Å². The zero-order valence-electron chi connectivity index (χ0n) is 11.4. The lowest BCUT2D eigenvalue weighted by Crippen LogP contribution is -2.38. The summed E-state index contributed by atoms with van der Waals surface area (Å²) in [5.74, 6) is -3.52. The van der Waals surface area contributed by atoms with Crippen LogP contribution in [-0.4, -0.2) is 51.7 Å². The highest BCUT2D eigenvalue weighted by molar-refractivity contribution is 7.80. The summed E-state index contributed by atoms with van der Waals surface area (Å²) in [5.41, 5.74) is 5.28. The van der Waals surface area contributed by atoms with Gasteiger partial charge in [-0.2, -0.15) is 12.6 Å². The van der Waals surface area contributed by atoms with Gasteiger partial charge in [-0.25, -0.2) is 4.79 Å². The van der Waals surface area contributed by atoms with Gasteiger partial charge in [0.15, 0.2) is 0 Å². The average Bonchev–Trinajstić information content (AvgIpc) is 2.42. The highest BCUT2D eigenvalue weighted by atomic mass is 32.1. The van der Waals surface area contributed by atoms with Crippen LogP contribution < -0.4 is 11.1 Å². The first kappa shape index (κ1) is 19.4. The summed E-state index contributed by atoms with van der Waals surface area (Å²) in [4.78, 5) is 43.3. The highest BCUT2D eigenvalue weighted by Crippen LogP contribution is 2.05. The van der Waals surface area contributed by atoms with E-state index < -0.39 is 23.8 Å². The molecule has 0 saturated heterocycles. The summed E-state index contributed by atoms with van der Waals surface area (Å²) in [6.07, 6.45) is 0.646. The van der Waals surface area contributed by atoms with Gasteiger partial charge in [-0.1, -0.05) is 0 Å². The van der Waals surface area contributed by atoms with Gasteiger partial charge in [-0.05, 0) is 19.3 Å². The van der Waals surface area contributed by atoms with Gasteiger partial charge < -0.3 is 21.3 Å². The summed E-state index contributed by atoms with van der Waals surface area (Å²) >= 11 is 4.06. The Hall–Kier alpha value is -1.61. The second-order valence-corrected chi connectivity index (χ2v) is 4.92. The van der Waals surface area contributed by atoms with E-state index in [4.69, 9.17) is 15.9 Å². The van der Waals surface area contributed by atoms with E-state index >= 15 is 0 Å². The van der Waals surface area contributed by atoms with E-state index in [9.17, 15) is 19.2 Å². The Balaban J connectivity index is 4.02. The van der Waals surface area contributed by atoms with Crippen molar-refractivity contribution in [3.05, 3.63) is 0 Å². The molecule has 0 aliphatic carbocycles. The molecule has 120 valence electrons. The normalized spacial score (nSPS) is 13.2. The number of carboxylic acid groups (broad SMARTS) is 2. The molecule has 0 rings (SSSR count). The molecule has 2 atom stereocenters. The van der Waals surface area contributed by atoms with Crippen LogP contribution in [0.15, 0.2) is 0 Å². The van der Waals surface area contributed by atoms with E-state index in [1.165, 1.54) is 0 Å². The van der Waals surface area contributed by atoms with Gasteiger partial charge in [-0.3, -0.25) is 14.4 Å². The zero-order valence-corrected chi connectivity index (χ0v) is 12.3. The van der Waals surface area contributed by atoms with Crippen LogP contribution in [0, 0.1) is 0 Å². The lowest BCUT2D eigenvalue weighted by atomic mass is 10.1. The number of carbonyl (C=O) groups excluding carboxylic acids is 2. The van der Waals surface area contributed by atoms with Crippen molar-refractivity contribution in [2.75, 3.05) is 5.75 Å². The summed E-state index contributed by atoms with van der Waals surface area (Å²) in [6.45, 7) is 0. The average molecular weight is 320 g/mol. The van der Waals surface area contributed by atoms with Crippen molar-refractivity contribution in [3.63, 3.8) is 0 Å². The number of carboxylic acids is 2. The minimum Gasteiger partial charge on any atom is -0.480 e. The summed E-state index contributed by atoms with van der Waals surface area (Å²) in [6, 6.07) is -1.39. The number of aliphatic carboxylic acids is 2. The maximum Gasteiger partial charge on any atom is 0.372 e. The quantitative estimate of drug-likeness (QED) is 0.253. The molecule has 0 aromatic rings. The van der Waals surface area contributed by atoms with Crippen molar-refractivity contribution in [1.29, 1.82) is 0 Å². The van der Waals surface area contributed by atoms with Gasteiger partial charge in [0.05, 0.1) is 0 Å². The Morgan fingerprint density at radius 3 is 2.19 bits per heavy atom. The molecule has 0 aromatic heterocycles. The summed E-state index contributed by atoms with van der Waals surface area (Å²) in [5, 5.41) is 19.7. The van der Waals surface area contributed by atoms with Crippen molar-refractivity contribution in [1.82, 2.24) is 5.32 Å².